The molecule has 0 unspecified atom stereocenters. The van der Waals surface area contributed by atoms with Gasteiger partial charge in [-0.2, -0.15) is 5.10 Å². The molecule has 17 heavy (non-hydrogen) atoms. The van der Waals surface area contributed by atoms with E-state index < -0.39 is 0 Å². The number of nitrogens with zero attached hydrogens (tertiary/aromatic N) is 2. The highest BCUT2D eigenvalue weighted by atomic mass is 16.7. The van der Waals surface area contributed by atoms with Crippen molar-refractivity contribution in [3.63, 3.8) is 0 Å². The first-order chi connectivity index (χ1) is 8.17. The smallest absolute Gasteiger partial charge is 0.174 e. The minimum Gasteiger partial charge on any atom is -0.363 e. The zero-order valence-electron chi connectivity index (χ0n) is 11.1. The zero-order chi connectivity index (χ0) is 12.7. The SMILES string of the molecule is CCOC(CNc1ccn(C(C)C)n1)OCC. The fraction of sp³-hybridized carbons (Fsp3) is 0.750. The maximum atomic E-state index is 5.44. The van der Waals surface area contributed by atoms with E-state index in [4.69, 9.17) is 9.47 Å². The third-order valence-electron chi connectivity index (χ3n) is 2.29. The standard InChI is InChI=1S/C12H23N3O2/c1-5-16-12(17-6-2)9-13-11-7-8-15(14-11)10(3)4/h7-8,10,12H,5-6,9H2,1-4H3,(H,13,14). The van der Waals surface area contributed by atoms with Gasteiger partial charge in [0.2, 0.25) is 0 Å². The lowest BCUT2D eigenvalue weighted by Gasteiger charge is -2.17. The number of hydrogen-bond acceptors (Lipinski definition) is 4. The van der Waals surface area contributed by atoms with Gasteiger partial charge in [-0.25, -0.2) is 0 Å². The number of nitrogens with one attached hydrogen (secondary N) is 1. The third kappa shape index (κ3) is 4.75. The molecular weight excluding hydrogens is 218 g/mol. The van der Waals surface area contributed by atoms with E-state index in [1.54, 1.807) is 0 Å². The van der Waals surface area contributed by atoms with Crippen LogP contribution in [0.15, 0.2) is 12.3 Å². The van der Waals surface area contributed by atoms with Crippen LogP contribution in [0.25, 0.3) is 0 Å². The Balaban J connectivity index is 2.41. The molecule has 0 aliphatic rings. The lowest BCUT2D eigenvalue weighted by Crippen LogP contribution is -2.26. The van der Waals surface area contributed by atoms with E-state index in [1.807, 2.05) is 30.8 Å². The van der Waals surface area contributed by atoms with Crippen molar-refractivity contribution in [3.05, 3.63) is 12.3 Å². The number of anilines is 1. The van der Waals surface area contributed by atoms with Crippen LogP contribution in [-0.4, -0.2) is 35.8 Å². The molecule has 0 amide bonds. The molecule has 0 fully saturated rings. The van der Waals surface area contributed by atoms with E-state index >= 15 is 0 Å². The molecule has 1 N–H and O–H groups in total. The number of hydrogen-bond donors (Lipinski definition) is 1. The molecule has 1 aromatic heterocycles. The van der Waals surface area contributed by atoms with Crippen molar-refractivity contribution >= 4 is 5.82 Å². The van der Waals surface area contributed by atoms with Gasteiger partial charge < -0.3 is 14.8 Å². The molecule has 0 aromatic carbocycles. The van der Waals surface area contributed by atoms with Gasteiger partial charge in [0.1, 0.15) is 5.82 Å². The third-order valence-corrected chi connectivity index (χ3v) is 2.29. The van der Waals surface area contributed by atoms with Crippen LogP contribution in [0, 0.1) is 0 Å². The van der Waals surface area contributed by atoms with Gasteiger partial charge in [-0.15, -0.1) is 0 Å². The van der Waals surface area contributed by atoms with Crippen LogP contribution in [0.3, 0.4) is 0 Å². The van der Waals surface area contributed by atoms with Crippen molar-refractivity contribution in [2.45, 2.75) is 40.0 Å². The van der Waals surface area contributed by atoms with Crippen molar-refractivity contribution in [3.8, 4) is 0 Å². The first-order valence-corrected chi connectivity index (χ1v) is 6.19. The van der Waals surface area contributed by atoms with Crippen molar-refractivity contribution in [2.24, 2.45) is 0 Å². The summed E-state index contributed by atoms with van der Waals surface area (Å²) in [4.78, 5) is 0. The summed E-state index contributed by atoms with van der Waals surface area (Å²) in [6.07, 6.45) is 1.75. The maximum absolute atomic E-state index is 5.44. The summed E-state index contributed by atoms with van der Waals surface area (Å²) in [5, 5.41) is 7.60. The summed E-state index contributed by atoms with van der Waals surface area (Å²) in [5.74, 6) is 0.850. The molecule has 0 spiro atoms. The van der Waals surface area contributed by atoms with Crippen molar-refractivity contribution in [1.82, 2.24) is 9.78 Å². The Hall–Kier alpha value is -1.07. The van der Waals surface area contributed by atoms with Gasteiger partial charge in [0.05, 0.1) is 6.54 Å². The predicted octanol–water partition coefficient (Wildman–Crippen LogP) is 2.28. The monoisotopic (exact) mass is 241 g/mol. The van der Waals surface area contributed by atoms with E-state index in [0.717, 1.165) is 5.82 Å². The molecule has 0 aliphatic heterocycles. The zero-order valence-corrected chi connectivity index (χ0v) is 11.1. The normalized spacial score (nSPS) is 11.4. The molecular formula is C12H23N3O2. The van der Waals surface area contributed by atoms with Gasteiger partial charge in [0, 0.05) is 31.5 Å². The number of rotatable bonds is 8. The lowest BCUT2D eigenvalue weighted by atomic mass is 10.4. The number of aromatic nitrogens is 2. The van der Waals surface area contributed by atoms with Crippen molar-refractivity contribution < 1.29 is 9.47 Å². The van der Waals surface area contributed by atoms with Crippen molar-refractivity contribution in [1.29, 1.82) is 0 Å². The van der Waals surface area contributed by atoms with Crippen LogP contribution in [0.1, 0.15) is 33.7 Å². The molecule has 0 atom stereocenters. The lowest BCUT2D eigenvalue weighted by molar-refractivity contribution is -0.126. The average molecular weight is 241 g/mol. The fourth-order valence-electron chi connectivity index (χ4n) is 1.45. The molecule has 5 heteroatoms. The second-order valence-electron chi connectivity index (χ2n) is 4.00. The Labute approximate surface area is 103 Å². The summed E-state index contributed by atoms with van der Waals surface area (Å²) in [5.41, 5.74) is 0. The quantitative estimate of drug-likeness (QED) is 0.709. The van der Waals surface area contributed by atoms with Gasteiger partial charge >= 0.3 is 0 Å². The summed E-state index contributed by atoms with van der Waals surface area (Å²) in [6, 6.07) is 2.33. The molecule has 0 saturated heterocycles. The minimum absolute atomic E-state index is 0.214. The molecule has 1 aromatic rings. The Morgan fingerprint density at radius 3 is 2.41 bits per heavy atom. The minimum atomic E-state index is -0.214. The topological polar surface area (TPSA) is 48.3 Å². The fourth-order valence-corrected chi connectivity index (χ4v) is 1.45. The Kier molecular flexibility index (Phi) is 6.00. The number of ether oxygens (including phenoxy) is 2. The van der Waals surface area contributed by atoms with Gasteiger partial charge in [-0.3, -0.25) is 4.68 Å². The van der Waals surface area contributed by atoms with E-state index in [1.165, 1.54) is 0 Å². The second-order valence-corrected chi connectivity index (χ2v) is 4.00. The molecule has 0 bridgehead atoms. The Morgan fingerprint density at radius 1 is 1.29 bits per heavy atom. The van der Waals surface area contributed by atoms with E-state index in [-0.39, 0.29) is 6.29 Å². The largest absolute Gasteiger partial charge is 0.363 e. The molecule has 98 valence electrons. The highest BCUT2D eigenvalue weighted by Gasteiger charge is 2.08. The molecule has 5 nitrogen and oxygen atoms in total. The molecule has 0 aliphatic carbocycles. The predicted molar refractivity (Wildman–Crippen MR) is 68.1 cm³/mol. The van der Waals surface area contributed by atoms with E-state index in [9.17, 15) is 0 Å². The molecule has 1 rings (SSSR count). The first-order valence-electron chi connectivity index (χ1n) is 6.19. The van der Waals surface area contributed by atoms with Crippen LogP contribution < -0.4 is 5.32 Å². The highest BCUT2D eigenvalue weighted by Crippen LogP contribution is 2.08. The van der Waals surface area contributed by atoms with Crippen molar-refractivity contribution in [2.75, 3.05) is 25.1 Å². The average Bonchev–Trinajstić information content (AvgIpc) is 2.75. The summed E-state index contributed by atoms with van der Waals surface area (Å²) < 4.78 is 12.8. The van der Waals surface area contributed by atoms with Gasteiger partial charge in [-0.1, -0.05) is 0 Å². The highest BCUT2D eigenvalue weighted by molar-refractivity contribution is 5.32. The first kappa shape index (κ1) is 14.0. The van der Waals surface area contributed by atoms with E-state index in [0.29, 0.717) is 25.8 Å². The Bertz CT molecular complexity index is 306. The molecule has 0 radical (unpaired) electrons. The summed E-state index contributed by atoms with van der Waals surface area (Å²) in [6.45, 7) is 10.0. The van der Waals surface area contributed by atoms with Crippen LogP contribution in [0.2, 0.25) is 0 Å². The summed E-state index contributed by atoms with van der Waals surface area (Å²) in [7, 11) is 0. The van der Waals surface area contributed by atoms with Gasteiger partial charge in [-0.05, 0) is 27.7 Å². The maximum Gasteiger partial charge on any atom is 0.174 e. The second kappa shape index (κ2) is 7.29. The Morgan fingerprint density at radius 2 is 1.94 bits per heavy atom. The van der Waals surface area contributed by atoms with Crippen LogP contribution in [0.4, 0.5) is 5.82 Å². The van der Waals surface area contributed by atoms with Crippen LogP contribution in [-0.2, 0) is 9.47 Å². The van der Waals surface area contributed by atoms with Gasteiger partial charge in [0.15, 0.2) is 6.29 Å². The molecule has 0 saturated carbocycles. The van der Waals surface area contributed by atoms with Gasteiger partial charge in [0.25, 0.3) is 0 Å². The summed E-state index contributed by atoms with van der Waals surface area (Å²) >= 11 is 0. The molecule has 1 heterocycles. The van der Waals surface area contributed by atoms with Crippen LogP contribution >= 0.6 is 0 Å². The van der Waals surface area contributed by atoms with E-state index in [2.05, 4.69) is 24.3 Å². The van der Waals surface area contributed by atoms with Crippen LogP contribution in [0.5, 0.6) is 0 Å².